The van der Waals surface area contributed by atoms with E-state index in [-0.39, 0.29) is 34.3 Å². The van der Waals surface area contributed by atoms with Crippen molar-refractivity contribution in [3.8, 4) is 28.8 Å². The zero-order valence-corrected chi connectivity index (χ0v) is 28.8. The van der Waals surface area contributed by atoms with Crippen LogP contribution < -0.4 is 10.5 Å². The minimum Gasteiger partial charge on any atom is -0.457 e. The average Bonchev–Trinajstić information content (AvgIpc) is 3.50. The summed E-state index contributed by atoms with van der Waals surface area (Å²) in [5, 5.41) is 10.2. The highest BCUT2D eigenvalue weighted by molar-refractivity contribution is 5.97. The van der Waals surface area contributed by atoms with Crippen molar-refractivity contribution in [3.05, 3.63) is 84.2 Å². The average molecular weight is 679 g/mol. The molecule has 50 heavy (non-hydrogen) atoms. The van der Waals surface area contributed by atoms with Gasteiger partial charge >= 0.3 is 0 Å². The summed E-state index contributed by atoms with van der Waals surface area (Å²) in [6, 6.07) is 16.1. The molecule has 0 radical (unpaired) electrons. The normalized spacial score (nSPS) is 20.3. The number of nitrogens with zero attached hydrogens (tertiary/aromatic N) is 7. The fourth-order valence-corrected chi connectivity index (χ4v) is 7.47. The summed E-state index contributed by atoms with van der Waals surface area (Å²) in [6.07, 6.45) is 6.68. The Hall–Kier alpha value is -4.83. The van der Waals surface area contributed by atoms with Gasteiger partial charge in [0.05, 0.1) is 18.8 Å². The molecule has 0 aliphatic carbocycles. The van der Waals surface area contributed by atoms with Gasteiger partial charge in [0.1, 0.15) is 51.8 Å². The van der Waals surface area contributed by atoms with Gasteiger partial charge in [0, 0.05) is 74.7 Å². The Morgan fingerprint density at radius 1 is 1.12 bits per heavy atom. The van der Waals surface area contributed by atoms with Crippen LogP contribution in [0.4, 0.5) is 10.2 Å². The van der Waals surface area contributed by atoms with Crippen LogP contribution >= 0.6 is 0 Å². The van der Waals surface area contributed by atoms with Crippen molar-refractivity contribution in [3.63, 3.8) is 0 Å². The maximum Gasteiger partial charge on any atom is 0.264 e. The largest absolute Gasteiger partial charge is 0.457 e. The Morgan fingerprint density at radius 2 is 1.88 bits per heavy atom. The highest BCUT2D eigenvalue weighted by Crippen LogP contribution is 2.37. The summed E-state index contributed by atoms with van der Waals surface area (Å²) in [5.41, 5.74) is 7.27. The molecule has 1 amide bonds. The molecule has 5 heterocycles. The lowest BCUT2D eigenvalue weighted by atomic mass is 9.93. The van der Waals surface area contributed by atoms with Gasteiger partial charge in [-0.05, 0) is 64.0 Å². The van der Waals surface area contributed by atoms with E-state index in [4.69, 9.17) is 20.2 Å². The van der Waals surface area contributed by atoms with Crippen molar-refractivity contribution >= 4 is 17.2 Å². The molecule has 11 nitrogen and oxygen atoms in total. The number of nitrogens with two attached hydrogens (primary N) is 1. The SMILES string of the molecule is CC(C)(C=C(C#N)C(=O)N1CCCC(c2nc(-c3ccc(Oc4ccccc4)cc3F)c3c(N)nccn23)C1)N1CCN(C2(C)COC2)CC1. The number of halogens is 1. The van der Waals surface area contributed by atoms with Crippen molar-refractivity contribution in [2.24, 2.45) is 0 Å². The number of fused-ring (bicyclic) bond motifs is 1. The van der Waals surface area contributed by atoms with Gasteiger partial charge < -0.3 is 20.1 Å². The van der Waals surface area contributed by atoms with Crippen molar-refractivity contribution in [1.29, 1.82) is 5.26 Å². The number of nitriles is 1. The van der Waals surface area contributed by atoms with Crippen molar-refractivity contribution in [2.75, 3.05) is 58.2 Å². The molecule has 1 atom stereocenters. The van der Waals surface area contributed by atoms with E-state index in [1.54, 1.807) is 41.6 Å². The molecule has 3 saturated heterocycles. The van der Waals surface area contributed by atoms with Gasteiger partial charge in [0.2, 0.25) is 0 Å². The molecule has 4 aromatic rings. The van der Waals surface area contributed by atoms with Crippen LogP contribution in [0.3, 0.4) is 0 Å². The summed E-state index contributed by atoms with van der Waals surface area (Å²) in [5.74, 6) is 0.887. The monoisotopic (exact) mass is 678 g/mol. The number of imidazole rings is 1. The molecule has 3 aliphatic heterocycles. The van der Waals surface area contributed by atoms with Crippen LogP contribution in [0.1, 0.15) is 45.4 Å². The predicted octanol–water partition coefficient (Wildman–Crippen LogP) is 5.25. The Bertz CT molecular complexity index is 1960. The molecule has 0 spiro atoms. The smallest absolute Gasteiger partial charge is 0.264 e. The number of piperazine rings is 1. The number of ether oxygens (including phenoxy) is 2. The zero-order chi connectivity index (χ0) is 35.0. The number of nitrogen functional groups attached to an aromatic ring is 1. The number of carbonyl (C=O) groups is 1. The van der Waals surface area contributed by atoms with Crippen molar-refractivity contribution in [2.45, 2.75) is 50.6 Å². The van der Waals surface area contributed by atoms with E-state index in [1.165, 1.54) is 6.07 Å². The van der Waals surface area contributed by atoms with Crippen molar-refractivity contribution in [1.82, 2.24) is 29.1 Å². The van der Waals surface area contributed by atoms with Gasteiger partial charge in [-0.15, -0.1) is 0 Å². The minimum atomic E-state index is -0.507. The quantitative estimate of drug-likeness (QED) is 0.197. The maximum atomic E-state index is 15.7. The van der Waals surface area contributed by atoms with E-state index in [0.717, 1.165) is 52.2 Å². The number of rotatable bonds is 8. The minimum absolute atomic E-state index is 0.101. The number of carbonyl (C=O) groups excluding carboxylic acids is 1. The third-order valence-corrected chi connectivity index (χ3v) is 10.4. The first-order chi connectivity index (χ1) is 24.1. The van der Waals surface area contributed by atoms with Crippen LogP contribution in [-0.2, 0) is 9.53 Å². The molecule has 260 valence electrons. The molecule has 2 N–H and O–H groups in total. The predicted molar refractivity (Wildman–Crippen MR) is 188 cm³/mol. The number of amides is 1. The molecule has 0 saturated carbocycles. The number of likely N-dealkylation sites (tertiary alicyclic amines) is 1. The molecule has 3 fully saturated rings. The van der Waals surface area contributed by atoms with E-state index in [1.807, 2.05) is 28.7 Å². The summed E-state index contributed by atoms with van der Waals surface area (Å²) < 4.78 is 28.9. The molecule has 2 aromatic heterocycles. The van der Waals surface area contributed by atoms with E-state index >= 15 is 4.39 Å². The Morgan fingerprint density at radius 3 is 2.56 bits per heavy atom. The molecular formula is C38H43FN8O3. The first-order valence-corrected chi connectivity index (χ1v) is 17.2. The molecule has 1 unspecified atom stereocenters. The van der Waals surface area contributed by atoms with Crippen LogP contribution in [0.15, 0.2) is 72.6 Å². The Balaban J connectivity index is 1.11. The van der Waals surface area contributed by atoms with Crippen molar-refractivity contribution < 1.29 is 18.7 Å². The van der Waals surface area contributed by atoms with Crippen LogP contribution in [0, 0.1) is 17.1 Å². The number of hydrogen-bond donors (Lipinski definition) is 1. The first kappa shape index (κ1) is 33.7. The highest BCUT2D eigenvalue weighted by atomic mass is 19.1. The topological polar surface area (TPSA) is 125 Å². The zero-order valence-electron chi connectivity index (χ0n) is 28.8. The van der Waals surface area contributed by atoms with Gasteiger partial charge in [-0.2, -0.15) is 5.26 Å². The summed E-state index contributed by atoms with van der Waals surface area (Å²) >= 11 is 0. The summed E-state index contributed by atoms with van der Waals surface area (Å²) in [6.45, 7) is 12.3. The standard InChI is InChI=1S/C38H43FN8O3/c1-37(2,45-16-18-46(19-17-45)38(3)24-49-25-38)21-27(22-40)36(48)44-14-7-8-26(23-44)35-43-32(33-34(41)42-13-15-47(33)35)30-12-11-29(20-31(30)39)50-28-9-5-4-6-10-28/h4-6,9-13,15,20-21,26H,7-8,14,16-19,23-25H2,1-3H3,(H2,41,42). The van der Waals surface area contributed by atoms with Gasteiger partial charge in [-0.3, -0.25) is 19.0 Å². The second kappa shape index (κ2) is 13.5. The van der Waals surface area contributed by atoms with Gasteiger partial charge in [0.25, 0.3) is 5.91 Å². The number of aromatic nitrogens is 3. The van der Waals surface area contributed by atoms with Gasteiger partial charge in [-0.25, -0.2) is 14.4 Å². The molecule has 0 bridgehead atoms. The Labute approximate surface area is 291 Å². The first-order valence-electron chi connectivity index (χ1n) is 17.2. The van der Waals surface area contributed by atoms with E-state index in [0.29, 0.717) is 41.6 Å². The van der Waals surface area contributed by atoms with Gasteiger partial charge in [0.15, 0.2) is 0 Å². The number of para-hydroxylation sites is 1. The van der Waals surface area contributed by atoms with E-state index in [2.05, 4.69) is 41.6 Å². The highest BCUT2D eigenvalue weighted by Gasteiger charge is 2.42. The summed E-state index contributed by atoms with van der Waals surface area (Å²) in [7, 11) is 0. The number of piperidine rings is 1. The third-order valence-electron chi connectivity index (χ3n) is 10.4. The fraction of sp³-hybridized carbons (Fsp3) is 0.421. The van der Waals surface area contributed by atoms with Crippen LogP contribution in [0.25, 0.3) is 16.8 Å². The second-order valence-electron chi connectivity index (χ2n) is 14.3. The molecular weight excluding hydrogens is 635 g/mol. The molecule has 7 rings (SSSR count). The Kier molecular flexibility index (Phi) is 9.07. The molecule has 3 aliphatic rings. The lowest BCUT2D eigenvalue weighted by molar-refractivity contribution is -0.142. The van der Waals surface area contributed by atoms with Crippen LogP contribution in [0.5, 0.6) is 11.5 Å². The van der Waals surface area contributed by atoms with Gasteiger partial charge in [-0.1, -0.05) is 18.2 Å². The molecule has 12 heteroatoms. The lowest BCUT2D eigenvalue weighted by Crippen LogP contribution is -2.66. The maximum absolute atomic E-state index is 15.7. The van der Waals surface area contributed by atoms with E-state index < -0.39 is 11.4 Å². The number of benzene rings is 2. The fourth-order valence-electron chi connectivity index (χ4n) is 7.47. The van der Waals surface area contributed by atoms with E-state index in [9.17, 15) is 10.1 Å². The van der Waals surface area contributed by atoms with Crippen LogP contribution in [0.2, 0.25) is 0 Å². The number of anilines is 1. The van der Waals surface area contributed by atoms with Crippen LogP contribution in [-0.4, -0.2) is 98.5 Å². The summed E-state index contributed by atoms with van der Waals surface area (Å²) in [4.78, 5) is 29.7. The molecule has 2 aromatic carbocycles. The number of hydrogen-bond acceptors (Lipinski definition) is 9. The third kappa shape index (κ3) is 6.44. The second-order valence-corrected chi connectivity index (χ2v) is 14.3. The lowest BCUT2D eigenvalue weighted by Gasteiger charge is -2.52.